The molecule has 0 radical (unpaired) electrons. The van der Waals surface area contributed by atoms with Crippen molar-refractivity contribution in [1.82, 2.24) is 9.97 Å². The molecule has 7 N–H and O–H groups in total. The van der Waals surface area contributed by atoms with Crippen LogP contribution in [0.3, 0.4) is 0 Å². The average molecular weight is 465 g/mol. The summed E-state index contributed by atoms with van der Waals surface area (Å²) in [6.45, 7) is 0. The van der Waals surface area contributed by atoms with Crippen molar-refractivity contribution in [3.63, 3.8) is 0 Å². The second-order valence-electron chi connectivity index (χ2n) is 6.89. The molecule has 8 nitrogen and oxygen atoms in total. The van der Waals surface area contributed by atoms with Gasteiger partial charge in [0.1, 0.15) is 0 Å². The van der Waals surface area contributed by atoms with Gasteiger partial charge in [-0.05, 0) is 0 Å². The van der Waals surface area contributed by atoms with Crippen LogP contribution in [0.15, 0.2) is 54.6 Å². The zero-order valence-corrected chi connectivity index (χ0v) is 18.3. The van der Waals surface area contributed by atoms with Crippen molar-refractivity contribution in [3.8, 4) is 20.3 Å². The number of aromatic amines is 1. The van der Waals surface area contributed by atoms with Crippen LogP contribution in [0.2, 0.25) is 0 Å². The third-order valence-corrected chi connectivity index (χ3v) is 7.35. The van der Waals surface area contributed by atoms with Crippen molar-refractivity contribution < 1.29 is 0 Å². The summed E-state index contributed by atoms with van der Waals surface area (Å²) in [6, 6.07) is 18.1. The molecule has 0 saturated carbocycles. The van der Waals surface area contributed by atoms with E-state index in [1.807, 2.05) is 30.3 Å². The number of nitrogens with zero attached hydrogens (tertiary/aromatic N) is 3. The third kappa shape index (κ3) is 3.68. The summed E-state index contributed by atoms with van der Waals surface area (Å²) in [6.07, 6.45) is 0. The second-order valence-corrected chi connectivity index (χ2v) is 9.16. The Morgan fingerprint density at radius 1 is 0.867 bits per heavy atom. The van der Waals surface area contributed by atoms with E-state index >= 15 is 0 Å². The Kier molecular flexibility index (Phi) is 5.07. The third-order valence-electron chi connectivity index (χ3n) is 4.95. The van der Waals surface area contributed by atoms with Gasteiger partial charge < -0.3 is 0 Å². The first-order valence-electron chi connectivity index (χ1n) is 9.19. The minimum absolute atomic E-state index is 0.00900. The van der Waals surface area contributed by atoms with Crippen LogP contribution in [-0.2, 0) is 0 Å². The van der Waals surface area contributed by atoms with Gasteiger partial charge in [-0.2, -0.15) is 0 Å². The molecule has 152 valence electrons. The molecule has 0 bridgehead atoms. The Bertz CT molecular complexity index is 1240. The van der Waals surface area contributed by atoms with E-state index < -0.39 is 0 Å². The van der Waals surface area contributed by atoms with Crippen molar-refractivity contribution in [3.05, 3.63) is 54.6 Å². The molecule has 0 aliphatic rings. The van der Waals surface area contributed by atoms with Crippen LogP contribution in [0.25, 0.3) is 31.3 Å². The molecular weight excluding hydrogens is 443 g/mol. The zero-order valence-electron chi connectivity index (χ0n) is 16.6. The molecule has 0 aliphatic heterocycles. The van der Waals surface area contributed by atoms with Gasteiger partial charge >= 0.3 is 180 Å². The summed E-state index contributed by atoms with van der Waals surface area (Å²) in [4.78, 5) is 11.4. The van der Waals surface area contributed by atoms with Crippen LogP contribution < -0.4 is 21.3 Å². The summed E-state index contributed by atoms with van der Waals surface area (Å²) in [5.74, 6) is 0.871. The molecule has 30 heavy (non-hydrogen) atoms. The summed E-state index contributed by atoms with van der Waals surface area (Å²) in [5, 5.41) is 15.1. The Morgan fingerprint density at radius 3 is 2.13 bits per heavy atom. The number of hydrogen-bond acceptors (Lipinski definition) is 3. The quantitative estimate of drug-likeness (QED) is 0.179. The number of benzene rings is 2. The number of hydrogen-bond donors (Lipinski definition) is 5. The fourth-order valence-corrected chi connectivity index (χ4v) is 5.08. The van der Waals surface area contributed by atoms with Crippen molar-refractivity contribution in [2.24, 2.45) is 11.5 Å². The van der Waals surface area contributed by atoms with E-state index in [1.54, 1.807) is 23.9 Å². The van der Waals surface area contributed by atoms with Gasteiger partial charge in [-0.15, -0.1) is 0 Å². The normalized spacial score (nSPS) is 10.9. The maximum absolute atomic E-state index is 7.59. The second kappa shape index (κ2) is 7.70. The van der Waals surface area contributed by atoms with Crippen LogP contribution in [0.1, 0.15) is 0 Å². The SMILES string of the molecule is CN(C(=N)N)c1ccc(-c2ccc(-c3nc4ccc(N(C)C(=N)N)cc4[nH]3)[se]2)cc1. The molecule has 4 aromatic rings. The van der Waals surface area contributed by atoms with Gasteiger partial charge in [0.2, 0.25) is 0 Å². The average Bonchev–Trinajstić information content (AvgIpc) is 3.39. The number of rotatable bonds is 4. The van der Waals surface area contributed by atoms with Gasteiger partial charge in [-0.25, -0.2) is 0 Å². The molecule has 0 amide bonds. The Labute approximate surface area is 179 Å². The van der Waals surface area contributed by atoms with Gasteiger partial charge in [0, 0.05) is 0 Å². The van der Waals surface area contributed by atoms with Gasteiger partial charge in [-0.1, -0.05) is 0 Å². The van der Waals surface area contributed by atoms with Crippen LogP contribution >= 0.6 is 0 Å². The van der Waals surface area contributed by atoms with Crippen molar-refractivity contribution in [1.29, 1.82) is 10.8 Å². The number of nitrogens with two attached hydrogens (primary N) is 2. The molecule has 2 heterocycles. The van der Waals surface area contributed by atoms with Gasteiger partial charge in [0.25, 0.3) is 0 Å². The van der Waals surface area contributed by atoms with E-state index in [4.69, 9.17) is 27.3 Å². The van der Waals surface area contributed by atoms with Crippen molar-refractivity contribution >= 4 is 48.8 Å². The summed E-state index contributed by atoms with van der Waals surface area (Å²) in [5.41, 5.74) is 15.8. The minimum atomic E-state index is -0.00900. The fourth-order valence-electron chi connectivity index (χ4n) is 3.07. The van der Waals surface area contributed by atoms with E-state index in [2.05, 4.69) is 29.2 Å². The number of nitrogens with one attached hydrogen (secondary N) is 3. The number of fused-ring (bicyclic) bond motifs is 1. The molecule has 2 aromatic heterocycles. The predicted molar refractivity (Wildman–Crippen MR) is 125 cm³/mol. The first-order chi connectivity index (χ1) is 14.3. The van der Waals surface area contributed by atoms with E-state index in [-0.39, 0.29) is 26.4 Å². The molecular formula is C21H22N8Se. The molecule has 0 spiro atoms. The van der Waals surface area contributed by atoms with Crippen LogP contribution in [-0.4, -0.2) is 50.5 Å². The van der Waals surface area contributed by atoms with Crippen LogP contribution in [0.4, 0.5) is 11.4 Å². The van der Waals surface area contributed by atoms with Crippen LogP contribution in [0, 0.1) is 10.8 Å². The molecule has 2 aromatic carbocycles. The van der Waals surface area contributed by atoms with E-state index in [9.17, 15) is 0 Å². The molecule has 9 heteroatoms. The van der Waals surface area contributed by atoms with E-state index in [0.29, 0.717) is 0 Å². The standard InChI is InChI=1S/C21H22N8Se/c1-28(20(22)23)13-5-3-12(4-6-13)17-9-10-18(30-17)19-26-15-8-7-14(11-16(15)27-19)29(2)21(24)25/h3-11H,1-2H3,(H3,22,23)(H3,24,25)(H,26,27). The number of imidazole rings is 1. The first kappa shape index (κ1) is 19.8. The van der Waals surface area contributed by atoms with E-state index in [1.165, 1.54) is 8.87 Å². The monoisotopic (exact) mass is 466 g/mol. The molecule has 0 unspecified atom stereocenters. The molecule has 4 rings (SSSR count). The van der Waals surface area contributed by atoms with Gasteiger partial charge in [0.15, 0.2) is 0 Å². The summed E-state index contributed by atoms with van der Waals surface area (Å²) >= 11 is 0.126. The predicted octanol–water partition coefficient (Wildman–Crippen LogP) is 2.61. The Morgan fingerprint density at radius 2 is 1.47 bits per heavy atom. The number of guanidine groups is 2. The number of anilines is 2. The Hall–Kier alpha value is -3.55. The number of H-pyrrole nitrogens is 1. The maximum atomic E-state index is 7.59. The van der Waals surface area contributed by atoms with Crippen molar-refractivity contribution in [2.75, 3.05) is 23.9 Å². The molecule has 0 aliphatic carbocycles. The Balaban J connectivity index is 1.61. The summed E-state index contributed by atoms with van der Waals surface area (Å²) in [7, 11) is 3.54. The zero-order chi connectivity index (χ0) is 21.4. The van der Waals surface area contributed by atoms with Crippen LogP contribution in [0.5, 0.6) is 0 Å². The van der Waals surface area contributed by atoms with Gasteiger partial charge in [0.05, 0.1) is 0 Å². The van der Waals surface area contributed by atoms with E-state index in [0.717, 1.165) is 33.8 Å². The van der Waals surface area contributed by atoms with Gasteiger partial charge in [-0.3, -0.25) is 0 Å². The summed E-state index contributed by atoms with van der Waals surface area (Å²) < 4.78 is 2.45. The molecule has 0 atom stereocenters. The fraction of sp³-hybridized carbons (Fsp3) is 0.0952. The molecule has 0 saturated heterocycles. The first-order valence-corrected chi connectivity index (χ1v) is 10.9. The van der Waals surface area contributed by atoms with Crippen molar-refractivity contribution in [2.45, 2.75) is 0 Å². The number of aromatic nitrogens is 2. The topological polar surface area (TPSA) is 135 Å². The molecule has 0 fully saturated rings.